The molecule has 1 aromatic rings. The molecule has 0 radical (unpaired) electrons. The van der Waals surface area contributed by atoms with E-state index in [1.807, 2.05) is 0 Å². The Kier molecular flexibility index (Phi) is 11.2. The number of rotatable bonds is 7. The fourth-order valence-electron chi connectivity index (χ4n) is 4.33. The Bertz CT molecular complexity index is 639. The van der Waals surface area contributed by atoms with E-state index < -0.39 is 0 Å². The molecule has 2 fully saturated rings. The van der Waals surface area contributed by atoms with Crippen LogP contribution < -0.4 is 10.1 Å². The molecule has 0 aliphatic carbocycles. The monoisotopic (exact) mass is 529 g/mol. The van der Waals surface area contributed by atoms with Gasteiger partial charge in [0.25, 0.3) is 0 Å². The van der Waals surface area contributed by atoms with Crippen LogP contribution in [0.2, 0.25) is 0 Å². The molecule has 0 aromatic heterocycles. The fourth-order valence-corrected chi connectivity index (χ4v) is 4.33. The van der Waals surface area contributed by atoms with Gasteiger partial charge in [-0.1, -0.05) is 12.1 Å². The molecular formula is C23H40IN5O. The van der Waals surface area contributed by atoms with Gasteiger partial charge in [-0.15, -0.1) is 24.0 Å². The van der Waals surface area contributed by atoms with Crippen LogP contribution in [0.3, 0.4) is 0 Å². The van der Waals surface area contributed by atoms with Crippen LogP contribution >= 0.6 is 24.0 Å². The molecule has 2 aliphatic rings. The number of aliphatic imine (C=N–C) groups is 1. The number of likely N-dealkylation sites (tertiary alicyclic amines) is 1. The summed E-state index contributed by atoms with van der Waals surface area (Å²) >= 11 is 0. The summed E-state index contributed by atoms with van der Waals surface area (Å²) in [6.45, 7) is 12.1. The highest BCUT2D eigenvalue weighted by Crippen LogP contribution is 2.28. The molecule has 170 valence electrons. The Labute approximate surface area is 200 Å². The molecule has 3 rings (SSSR count). The molecular weight excluding hydrogens is 489 g/mol. The van der Waals surface area contributed by atoms with Gasteiger partial charge in [-0.3, -0.25) is 4.99 Å². The second-order valence-corrected chi connectivity index (χ2v) is 8.29. The molecule has 1 atom stereocenters. The summed E-state index contributed by atoms with van der Waals surface area (Å²) in [4.78, 5) is 12.4. The van der Waals surface area contributed by atoms with Crippen molar-refractivity contribution in [3.8, 4) is 5.75 Å². The number of nitrogens with zero attached hydrogens (tertiary/aromatic N) is 4. The third-order valence-electron chi connectivity index (χ3n) is 6.12. The Morgan fingerprint density at radius 2 is 1.93 bits per heavy atom. The van der Waals surface area contributed by atoms with Crippen LogP contribution in [0.5, 0.6) is 5.75 Å². The zero-order valence-corrected chi connectivity index (χ0v) is 21.3. The summed E-state index contributed by atoms with van der Waals surface area (Å²) < 4.78 is 5.29. The number of guanidine groups is 1. The second-order valence-electron chi connectivity index (χ2n) is 8.29. The molecule has 0 spiro atoms. The first-order chi connectivity index (χ1) is 14.2. The van der Waals surface area contributed by atoms with Crippen molar-refractivity contribution in [1.82, 2.24) is 20.0 Å². The molecule has 0 amide bonds. The smallest absolute Gasteiger partial charge is 0.193 e. The van der Waals surface area contributed by atoms with Gasteiger partial charge in [0, 0.05) is 45.2 Å². The Hall–Kier alpha value is -1.06. The molecule has 2 heterocycles. The van der Waals surface area contributed by atoms with Gasteiger partial charge in [0.2, 0.25) is 0 Å². The van der Waals surface area contributed by atoms with Crippen LogP contribution in [0.4, 0.5) is 0 Å². The maximum absolute atomic E-state index is 5.29. The molecule has 0 saturated carbocycles. The van der Waals surface area contributed by atoms with Crippen LogP contribution in [0.1, 0.15) is 37.7 Å². The zero-order valence-electron chi connectivity index (χ0n) is 19.0. The standard InChI is InChI=1S/C23H39N5O.HI/c1-4-24-23(25-12-5-14-27-15-6-13-26(2)17-18-27)28-16-11-21(19-28)20-7-9-22(29-3)10-8-20;/h7-10,21H,4-6,11-19H2,1-3H3,(H,24,25);1H. The number of likely N-dealkylation sites (N-methyl/N-ethyl adjacent to an activating group) is 1. The van der Waals surface area contributed by atoms with Gasteiger partial charge in [0.1, 0.15) is 5.75 Å². The highest BCUT2D eigenvalue weighted by Gasteiger charge is 2.26. The van der Waals surface area contributed by atoms with E-state index >= 15 is 0 Å². The van der Waals surface area contributed by atoms with Crippen molar-refractivity contribution in [2.75, 3.05) is 73.1 Å². The number of nitrogens with one attached hydrogen (secondary N) is 1. The minimum absolute atomic E-state index is 0. The van der Waals surface area contributed by atoms with E-state index in [-0.39, 0.29) is 24.0 Å². The molecule has 6 nitrogen and oxygen atoms in total. The molecule has 7 heteroatoms. The predicted molar refractivity (Wildman–Crippen MR) is 136 cm³/mol. The van der Waals surface area contributed by atoms with Crippen LogP contribution in [-0.4, -0.2) is 93.7 Å². The van der Waals surface area contributed by atoms with Crippen molar-refractivity contribution in [2.24, 2.45) is 4.99 Å². The summed E-state index contributed by atoms with van der Waals surface area (Å²) in [7, 11) is 3.95. The summed E-state index contributed by atoms with van der Waals surface area (Å²) in [5.41, 5.74) is 1.40. The number of methoxy groups -OCH3 is 1. The highest BCUT2D eigenvalue weighted by atomic mass is 127. The summed E-state index contributed by atoms with van der Waals surface area (Å²) in [6, 6.07) is 8.54. The van der Waals surface area contributed by atoms with Crippen molar-refractivity contribution in [3.05, 3.63) is 29.8 Å². The van der Waals surface area contributed by atoms with E-state index in [0.29, 0.717) is 5.92 Å². The maximum Gasteiger partial charge on any atom is 0.193 e. The van der Waals surface area contributed by atoms with Crippen LogP contribution in [0.25, 0.3) is 0 Å². The van der Waals surface area contributed by atoms with Gasteiger partial charge >= 0.3 is 0 Å². The number of benzene rings is 1. The van der Waals surface area contributed by atoms with Gasteiger partial charge in [-0.2, -0.15) is 0 Å². The lowest BCUT2D eigenvalue weighted by molar-refractivity contribution is 0.275. The van der Waals surface area contributed by atoms with Gasteiger partial charge in [-0.05, 0) is 70.6 Å². The second kappa shape index (κ2) is 13.4. The Morgan fingerprint density at radius 3 is 2.67 bits per heavy atom. The van der Waals surface area contributed by atoms with E-state index in [2.05, 4.69) is 58.3 Å². The number of hydrogen-bond donors (Lipinski definition) is 1. The Balaban J connectivity index is 0.00000320. The van der Waals surface area contributed by atoms with Crippen molar-refractivity contribution in [1.29, 1.82) is 0 Å². The van der Waals surface area contributed by atoms with Crippen LogP contribution in [-0.2, 0) is 0 Å². The molecule has 0 bridgehead atoms. The lowest BCUT2D eigenvalue weighted by Gasteiger charge is -2.22. The van der Waals surface area contributed by atoms with Crippen molar-refractivity contribution in [2.45, 2.75) is 32.1 Å². The lowest BCUT2D eigenvalue weighted by Crippen LogP contribution is -2.40. The van der Waals surface area contributed by atoms with E-state index in [1.165, 1.54) is 44.6 Å². The predicted octanol–water partition coefficient (Wildman–Crippen LogP) is 3.10. The zero-order chi connectivity index (χ0) is 20.5. The number of halogens is 1. The first-order valence-electron chi connectivity index (χ1n) is 11.3. The van der Waals surface area contributed by atoms with Crippen LogP contribution in [0, 0.1) is 0 Å². The van der Waals surface area contributed by atoms with Gasteiger partial charge in [0.05, 0.1) is 7.11 Å². The third kappa shape index (κ3) is 7.57. The maximum atomic E-state index is 5.29. The molecule has 1 N–H and O–H groups in total. The Morgan fingerprint density at radius 1 is 1.13 bits per heavy atom. The van der Waals surface area contributed by atoms with Gasteiger partial charge in [-0.25, -0.2) is 0 Å². The lowest BCUT2D eigenvalue weighted by atomic mass is 9.98. The molecule has 1 unspecified atom stereocenters. The minimum atomic E-state index is 0. The van der Waals surface area contributed by atoms with Crippen LogP contribution in [0.15, 0.2) is 29.3 Å². The van der Waals surface area contributed by atoms with E-state index in [9.17, 15) is 0 Å². The normalized spacial score (nSPS) is 21.2. The first-order valence-corrected chi connectivity index (χ1v) is 11.3. The summed E-state index contributed by atoms with van der Waals surface area (Å²) in [5.74, 6) is 2.58. The summed E-state index contributed by atoms with van der Waals surface area (Å²) in [6.07, 6.45) is 3.59. The highest BCUT2D eigenvalue weighted by molar-refractivity contribution is 14.0. The molecule has 1 aromatic carbocycles. The van der Waals surface area contributed by atoms with E-state index in [4.69, 9.17) is 9.73 Å². The number of hydrogen-bond acceptors (Lipinski definition) is 4. The van der Waals surface area contributed by atoms with E-state index in [1.54, 1.807) is 7.11 Å². The average Bonchev–Trinajstić information content (AvgIpc) is 3.14. The average molecular weight is 530 g/mol. The molecule has 2 aliphatic heterocycles. The molecule has 2 saturated heterocycles. The number of ether oxygens (including phenoxy) is 1. The van der Waals surface area contributed by atoms with Crippen molar-refractivity contribution >= 4 is 29.9 Å². The van der Waals surface area contributed by atoms with Crippen molar-refractivity contribution in [3.63, 3.8) is 0 Å². The largest absolute Gasteiger partial charge is 0.497 e. The summed E-state index contributed by atoms with van der Waals surface area (Å²) in [5, 5.41) is 3.50. The fraction of sp³-hybridized carbons (Fsp3) is 0.696. The van der Waals surface area contributed by atoms with E-state index in [0.717, 1.165) is 50.9 Å². The van der Waals surface area contributed by atoms with Gasteiger partial charge in [0.15, 0.2) is 5.96 Å². The third-order valence-corrected chi connectivity index (χ3v) is 6.12. The topological polar surface area (TPSA) is 43.3 Å². The van der Waals surface area contributed by atoms with Crippen molar-refractivity contribution < 1.29 is 4.74 Å². The first kappa shape index (κ1) is 25.2. The minimum Gasteiger partial charge on any atom is -0.497 e. The molecule has 30 heavy (non-hydrogen) atoms. The SMILES string of the molecule is CCNC(=NCCCN1CCCN(C)CC1)N1CCC(c2ccc(OC)cc2)C1.I. The van der Waals surface area contributed by atoms with Gasteiger partial charge < -0.3 is 24.8 Å². The quantitative estimate of drug-likeness (QED) is 0.255.